The third kappa shape index (κ3) is 8.97. The number of thioether (sulfide) groups is 1. The standard InChI is InChI=1S/C25H32N4O4S/c1-18(2)14-28(15-19(3)4)23-11-10-22(29(32)33)12-21(23)13-26-27-25(31)17-34-16-24(30)20-8-6-5-7-9-20/h5-13,18-19H,14-17H2,1-4H3,(H,27,31). The van der Waals surface area contributed by atoms with Crippen molar-refractivity contribution in [3.05, 3.63) is 69.8 Å². The molecule has 0 bridgehead atoms. The molecule has 0 aliphatic carbocycles. The highest BCUT2D eigenvalue weighted by Gasteiger charge is 2.17. The predicted octanol–water partition coefficient (Wildman–Crippen LogP) is 4.78. The molecule has 8 nitrogen and oxygen atoms in total. The first-order valence-electron chi connectivity index (χ1n) is 11.2. The second kappa shape index (κ2) is 13.5. The van der Waals surface area contributed by atoms with Crippen LogP contribution in [0.15, 0.2) is 53.6 Å². The lowest BCUT2D eigenvalue weighted by molar-refractivity contribution is -0.384. The van der Waals surface area contributed by atoms with Crippen molar-refractivity contribution in [1.29, 1.82) is 0 Å². The summed E-state index contributed by atoms with van der Waals surface area (Å²) in [5.74, 6) is 0.664. The van der Waals surface area contributed by atoms with Gasteiger partial charge in [0, 0.05) is 42.0 Å². The second-order valence-corrected chi connectivity index (χ2v) is 9.75. The molecule has 0 aromatic heterocycles. The van der Waals surface area contributed by atoms with Crippen LogP contribution in [0.25, 0.3) is 0 Å². The van der Waals surface area contributed by atoms with Crippen LogP contribution in [0.4, 0.5) is 11.4 Å². The van der Waals surface area contributed by atoms with E-state index < -0.39 is 4.92 Å². The van der Waals surface area contributed by atoms with Crippen molar-refractivity contribution in [3.8, 4) is 0 Å². The first-order valence-corrected chi connectivity index (χ1v) is 12.3. The van der Waals surface area contributed by atoms with Crippen LogP contribution < -0.4 is 10.3 Å². The summed E-state index contributed by atoms with van der Waals surface area (Å²) in [6.07, 6.45) is 1.44. The van der Waals surface area contributed by atoms with E-state index in [4.69, 9.17) is 0 Å². The van der Waals surface area contributed by atoms with Crippen LogP contribution >= 0.6 is 11.8 Å². The Morgan fingerprint density at radius 3 is 2.29 bits per heavy atom. The normalized spacial score (nSPS) is 11.2. The number of non-ortho nitro benzene ring substituents is 1. The number of carbonyl (C=O) groups excluding carboxylic acids is 2. The average molecular weight is 485 g/mol. The summed E-state index contributed by atoms with van der Waals surface area (Å²) < 4.78 is 0. The number of nitro benzene ring substituents is 1. The van der Waals surface area contributed by atoms with Gasteiger partial charge in [0.2, 0.25) is 5.91 Å². The Morgan fingerprint density at radius 2 is 1.71 bits per heavy atom. The number of rotatable bonds is 13. The van der Waals surface area contributed by atoms with Gasteiger partial charge in [-0.2, -0.15) is 5.10 Å². The lowest BCUT2D eigenvalue weighted by Crippen LogP contribution is -2.32. The number of benzene rings is 2. The van der Waals surface area contributed by atoms with Crippen molar-refractivity contribution in [3.63, 3.8) is 0 Å². The van der Waals surface area contributed by atoms with Crippen molar-refractivity contribution >= 4 is 41.0 Å². The number of ketones is 1. The van der Waals surface area contributed by atoms with E-state index in [0.29, 0.717) is 23.0 Å². The van der Waals surface area contributed by atoms with Crippen molar-refractivity contribution in [2.45, 2.75) is 27.7 Å². The minimum absolute atomic E-state index is 0.0412. The highest BCUT2D eigenvalue weighted by atomic mass is 32.2. The maximum Gasteiger partial charge on any atom is 0.270 e. The van der Waals surface area contributed by atoms with Crippen molar-refractivity contribution < 1.29 is 14.5 Å². The summed E-state index contributed by atoms with van der Waals surface area (Å²) in [7, 11) is 0. The highest BCUT2D eigenvalue weighted by molar-refractivity contribution is 8.00. The first-order chi connectivity index (χ1) is 16.2. The zero-order chi connectivity index (χ0) is 25.1. The van der Waals surface area contributed by atoms with Gasteiger partial charge in [0.25, 0.3) is 5.69 Å². The van der Waals surface area contributed by atoms with Gasteiger partial charge in [-0.3, -0.25) is 19.7 Å². The number of anilines is 1. The molecule has 1 amide bonds. The Hall–Kier alpha value is -3.20. The summed E-state index contributed by atoms with van der Waals surface area (Å²) in [5, 5.41) is 15.3. The number of hydrazone groups is 1. The van der Waals surface area contributed by atoms with Gasteiger partial charge in [-0.15, -0.1) is 11.8 Å². The Bertz CT molecular complexity index is 999. The molecule has 2 aromatic carbocycles. The molecule has 0 saturated carbocycles. The summed E-state index contributed by atoms with van der Waals surface area (Å²) in [5.41, 5.74) is 4.41. The number of hydrogen-bond donors (Lipinski definition) is 1. The SMILES string of the molecule is CC(C)CN(CC(C)C)c1ccc([N+](=O)[O-])cc1C=NNC(=O)CSCC(=O)c1ccccc1. The molecule has 0 aliphatic rings. The topological polar surface area (TPSA) is 105 Å². The Kier molecular flexibility index (Phi) is 10.7. The van der Waals surface area contributed by atoms with Gasteiger partial charge >= 0.3 is 0 Å². The van der Waals surface area contributed by atoms with Gasteiger partial charge in [-0.1, -0.05) is 58.0 Å². The van der Waals surface area contributed by atoms with Gasteiger partial charge in [-0.25, -0.2) is 5.43 Å². The molecular formula is C25H32N4O4S. The molecule has 34 heavy (non-hydrogen) atoms. The van der Waals surface area contributed by atoms with Gasteiger partial charge in [0.1, 0.15) is 0 Å². The Labute approximate surface area is 205 Å². The number of nitro groups is 1. The Balaban J connectivity index is 2.05. The smallest absolute Gasteiger partial charge is 0.270 e. The molecule has 182 valence electrons. The van der Waals surface area contributed by atoms with Crippen LogP contribution in [-0.4, -0.2) is 47.4 Å². The molecule has 2 aromatic rings. The average Bonchev–Trinajstić information content (AvgIpc) is 2.78. The fourth-order valence-electron chi connectivity index (χ4n) is 3.35. The molecule has 1 N–H and O–H groups in total. The number of hydrogen-bond acceptors (Lipinski definition) is 7. The van der Waals surface area contributed by atoms with E-state index in [1.54, 1.807) is 30.3 Å². The lowest BCUT2D eigenvalue weighted by atomic mass is 10.1. The molecule has 0 fully saturated rings. The molecule has 0 heterocycles. The van der Waals surface area contributed by atoms with Gasteiger partial charge in [0.15, 0.2) is 5.78 Å². The number of nitrogens with zero attached hydrogens (tertiary/aromatic N) is 3. The Morgan fingerprint density at radius 1 is 1.06 bits per heavy atom. The van der Waals surface area contributed by atoms with E-state index in [-0.39, 0.29) is 28.9 Å². The maximum absolute atomic E-state index is 12.2. The number of amides is 1. The van der Waals surface area contributed by atoms with E-state index in [9.17, 15) is 19.7 Å². The third-order valence-electron chi connectivity index (χ3n) is 4.69. The van der Waals surface area contributed by atoms with Crippen LogP contribution in [0.3, 0.4) is 0 Å². The van der Waals surface area contributed by atoms with Crippen LogP contribution in [0.2, 0.25) is 0 Å². The van der Waals surface area contributed by atoms with Crippen LogP contribution in [0, 0.1) is 22.0 Å². The van der Waals surface area contributed by atoms with E-state index >= 15 is 0 Å². The van der Waals surface area contributed by atoms with E-state index in [0.717, 1.165) is 18.8 Å². The van der Waals surface area contributed by atoms with Crippen LogP contribution in [-0.2, 0) is 4.79 Å². The van der Waals surface area contributed by atoms with Crippen molar-refractivity contribution in [2.24, 2.45) is 16.9 Å². The highest BCUT2D eigenvalue weighted by Crippen LogP contribution is 2.26. The molecule has 0 atom stereocenters. The number of carbonyl (C=O) groups is 2. The fraction of sp³-hybridized carbons (Fsp3) is 0.400. The lowest BCUT2D eigenvalue weighted by Gasteiger charge is -2.29. The van der Waals surface area contributed by atoms with Gasteiger partial charge in [0.05, 0.1) is 22.6 Å². The van der Waals surface area contributed by atoms with Crippen LogP contribution in [0.5, 0.6) is 0 Å². The fourth-order valence-corrected chi connectivity index (χ4v) is 4.05. The van der Waals surface area contributed by atoms with E-state index in [1.165, 1.54) is 30.1 Å². The van der Waals surface area contributed by atoms with Gasteiger partial charge < -0.3 is 4.90 Å². The summed E-state index contributed by atoms with van der Waals surface area (Å²) in [6, 6.07) is 13.6. The summed E-state index contributed by atoms with van der Waals surface area (Å²) in [6.45, 7) is 10.0. The summed E-state index contributed by atoms with van der Waals surface area (Å²) >= 11 is 1.21. The van der Waals surface area contributed by atoms with Crippen molar-refractivity contribution in [2.75, 3.05) is 29.5 Å². The van der Waals surface area contributed by atoms with Crippen molar-refractivity contribution in [1.82, 2.24) is 5.43 Å². The largest absolute Gasteiger partial charge is 0.370 e. The van der Waals surface area contributed by atoms with E-state index in [1.807, 2.05) is 6.07 Å². The maximum atomic E-state index is 12.2. The molecule has 9 heteroatoms. The molecule has 0 aliphatic heterocycles. The van der Waals surface area contributed by atoms with Crippen LogP contribution in [0.1, 0.15) is 43.6 Å². The number of Topliss-reactive ketones (excluding diaryl/α,β-unsaturated/α-hetero) is 1. The molecule has 0 radical (unpaired) electrons. The zero-order valence-electron chi connectivity index (χ0n) is 20.1. The quantitative estimate of drug-likeness (QED) is 0.190. The monoisotopic (exact) mass is 484 g/mol. The zero-order valence-corrected chi connectivity index (χ0v) is 20.9. The number of nitrogens with one attached hydrogen (secondary N) is 1. The third-order valence-corrected chi connectivity index (χ3v) is 5.62. The second-order valence-electron chi connectivity index (χ2n) is 8.77. The molecule has 0 saturated heterocycles. The molecular weight excluding hydrogens is 452 g/mol. The first kappa shape index (κ1) is 27.0. The molecule has 2 rings (SSSR count). The minimum Gasteiger partial charge on any atom is -0.370 e. The predicted molar refractivity (Wildman–Crippen MR) is 139 cm³/mol. The minimum atomic E-state index is -0.449. The summed E-state index contributed by atoms with van der Waals surface area (Å²) in [4.78, 5) is 37.3. The molecule has 0 spiro atoms. The molecule has 0 unspecified atom stereocenters. The van der Waals surface area contributed by atoms with Gasteiger partial charge in [-0.05, 0) is 17.9 Å². The van der Waals surface area contributed by atoms with E-state index in [2.05, 4.69) is 43.1 Å².